The van der Waals surface area contributed by atoms with Gasteiger partial charge in [0.05, 0.1) is 12.5 Å². The van der Waals surface area contributed by atoms with Crippen molar-refractivity contribution in [3.63, 3.8) is 0 Å². The van der Waals surface area contributed by atoms with Crippen molar-refractivity contribution in [2.45, 2.75) is 12.5 Å². The van der Waals surface area contributed by atoms with Crippen LogP contribution >= 0.6 is 0 Å². The standard InChI is InChI=1S/C16H15F2NO2/c1-19(14-7-5-12(17)6-8-14)16(21)10-15(20)11-3-2-4-13(18)9-11/h2-9,15,20H,10H2,1H3. The fourth-order valence-electron chi connectivity index (χ4n) is 1.94. The molecule has 0 spiro atoms. The fourth-order valence-corrected chi connectivity index (χ4v) is 1.94. The minimum Gasteiger partial charge on any atom is -0.388 e. The zero-order valence-corrected chi connectivity index (χ0v) is 11.5. The summed E-state index contributed by atoms with van der Waals surface area (Å²) in [5.74, 6) is -1.20. The quantitative estimate of drug-likeness (QED) is 0.940. The van der Waals surface area contributed by atoms with Crippen molar-refractivity contribution < 1.29 is 18.7 Å². The van der Waals surface area contributed by atoms with Crippen molar-refractivity contribution in [3.05, 3.63) is 65.7 Å². The van der Waals surface area contributed by atoms with E-state index in [2.05, 4.69) is 0 Å². The molecule has 0 aliphatic carbocycles. The summed E-state index contributed by atoms with van der Waals surface area (Å²) in [4.78, 5) is 13.4. The Hall–Kier alpha value is -2.27. The number of anilines is 1. The van der Waals surface area contributed by atoms with Crippen LogP contribution in [-0.4, -0.2) is 18.1 Å². The summed E-state index contributed by atoms with van der Waals surface area (Å²) in [6, 6.07) is 10.9. The van der Waals surface area contributed by atoms with Crippen molar-refractivity contribution in [3.8, 4) is 0 Å². The van der Waals surface area contributed by atoms with Crippen molar-refractivity contribution in [1.29, 1.82) is 0 Å². The first-order valence-corrected chi connectivity index (χ1v) is 6.43. The SMILES string of the molecule is CN(C(=O)CC(O)c1cccc(F)c1)c1ccc(F)cc1. The summed E-state index contributed by atoms with van der Waals surface area (Å²) in [7, 11) is 1.54. The highest BCUT2D eigenvalue weighted by Gasteiger charge is 2.17. The minimum atomic E-state index is -1.09. The molecule has 2 aromatic rings. The average Bonchev–Trinajstić information content (AvgIpc) is 2.47. The largest absolute Gasteiger partial charge is 0.388 e. The molecule has 0 saturated heterocycles. The van der Waals surface area contributed by atoms with Crippen LogP contribution < -0.4 is 4.90 Å². The number of amides is 1. The first-order chi connectivity index (χ1) is 9.97. The van der Waals surface area contributed by atoms with Gasteiger partial charge in [0, 0.05) is 12.7 Å². The fraction of sp³-hybridized carbons (Fsp3) is 0.188. The summed E-state index contributed by atoms with van der Waals surface area (Å²) in [6.07, 6.45) is -1.27. The van der Waals surface area contributed by atoms with Gasteiger partial charge in [0.25, 0.3) is 0 Å². The summed E-state index contributed by atoms with van der Waals surface area (Å²) in [5, 5.41) is 9.98. The molecule has 0 heterocycles. The number of carbonyl (C=O) groups excluding carboxylic acids is 1. The van der Waals surface area contributed by atoms with Gasteiger partial charge in [-0.25, -0.2) is 8.78 Å². The Morgan fingerprint density at radius 3 is 2.43 bits per heavy atom. The average molecular weight is 291 g/mol. The molecule has 21 heavy (non-hydrogen) atoms. The molecule has 1 atom stereocenters. The van der Waals surface area contributed by atoms with Crippen LogP contribution in [0.1, 0.15) is 18.1 Å². The van der Waals surface area contributed by atoms with E-state index >= 15 is 0 Å². The van der Waals surface area contributed by atoms with Gasteiger partial charge in [0.2, 0.25) is 5.91 Å². The van der Waals surface area contributed by atoms with Crippen molar-refractivity contribution in [1.82, 2.24) is 0 Å². The summed E-state index contributed by atoms with van der Waals surface area (Å²) in [6.45, 7) is 0. The highest BCUT2D eigenvalue weighted by molar-refractivity contribution is 5.93. The predicted molar refractivity (Wildman–Crippen MR) is 75.8 cm³/mol. The van der Waals surface area contributed by atoms with E-state index in [-0.39, 0.29) is 18.1 Å². The highest BCUT2D eigenvalue weighted by atomic mass is 19.1. The number of halogens is 2. The molecule has 0 fully saturated rings. The Morgan fingerprint density at radius 1 is 1.14 bits per heavy atom. The van der Waals surface area contributed by atoms with Gasteiger partial charge in [-0.2, -0.15) is 0 Å². The Balaban J connectivity index is 2.05. The number of nitrogens with zero attached hydrogens (tertiary/aromatic N) is 1. The third-order valence-electron chi connectivity index (χ3n) is 3.19. The number of hydrogen-bond donors (Lipinski definition) is 1. The highest BCUT2D eigenvalue weighted by Crippen LogP contribution is 2.21. The van der Waals surface area contributed by atoms with Crippen LogP contribution in [0.5, 0.6) is 0 Å². The van der Waals surface area contributed by atoms with Crippen LogP contribution in [-0.2, 0) is 4.79 Å². The third kappa shape index (κ3) is 3.86. The maximum absolute atomic E-state index is 13.1. The molecular weight excluding hydrogens is 276 g/mol. The van der Waals surface area contributed by atoms with Gasteiger partial charge in [-0.05, 0) is 42.0 Å². The lowest BCUT2D eigenvalue weighted by atomic mass is 10.1. The van der Waals surface area contributed by atoms with Crippen molar-refractivity contribution >= 4 is 11.6 Å². The third-order valence-corrected chi connectivity index (χ3v) is 3.19. The van der Waals surface area contributed by atoms with Gasteiger partial charge >= 0.3 is 0 Å². The minimum absolute atomic E-state index is 0.183. The van der Waals surface area contributed by atoms with Gasteiger partial charge in [-0.1, -0.05) is 12.1 Å². The topological polar surface area (TPSA) is 40.5 Å². The number of carbonyl (C=O) groups is 1. The molecule has 0 aromatic heterocycles. The van der Waals surface area contributed by atoms with E-state index in [4.69, 9.17) is 0 Å². The summed E-state index contributed by atoms with van der Waals surface area (Å²) < 4.78 is 25.9. The lowest BCUT2D eigenvalue weighted by Gasteiger charge is -2.19. The van der Waals surface area contributed by atoms with Crippen LogP contribution in [0.15, 0.2) is 48.5 Å². The first kappa shape index (κ1) is 15.1. The molecule has 110 valence electrons. The Kier molecular flexibility index (Phi) is 4.65. The molecule has 0 aliphatic heterocycles. The second-order valence-corrected chi connectivity index (χ2v) is 4.70. The smallest absolute Gasteiger partial charge is 0.229 e. The van der Waals surface area contributed by atoms with Crippen LogP contribution in [0.3, 0.4) is 0 Å². The number of rotatable bonds is 4. The molecule has 1 unspecified atom stereocenters. The zero-order chi connectivity index (χ0) is 15.4. The van der Waals surface area contributed by atoms with Crippen LogP contribution in [0.4, 0.5) is 14.5 Å². The van der Waals surface area contributed by atoms with E-state index in [0.29, 0.717) is 11.3 Å². The first-order valence-electron chi connectivity index (χ1n) is 6.43. The lowest BCUT2D eigenvalue weighted by molar-refractivity contribution is -0.120. The molecule has 0 bridgehead atoms. The molecule has 0 radical (unpaired) electrons. The van der Waals surface area contributed by atoms with Crippen molar-refractivity contribution in [2.24, 2.45) is 0 Å². The molecule has 0 saturated carbocycles. The molecule has 2 aromatic carbocycles. The van der Waals surface area contributed by atoms with E-state index in [9.17, 15) is 18.7 Å². The maximum Gasteiger partial charge on any atom is 0.229 e. The van der Waals surface area contributed by atoms with Gasteiger partial charge in [-0.3, -0.25) is 4.79 Å². The van der Waals surface area contributed by atoms with E-state index in [0.717, 1.165) is 0 Å². The Labute approximate surface area is 121 Å². The van der Waals surface area contributed by atoms with E-state index in [1.807, 2.05) is 0 Å². The molecular formula is C16H15F2NO2. The van der Waals surface area contributed by atoms with E-state index < -0.39 is 11.9 Å². The van der Waals surface area contributed by atoms with Gasteiger partial charge < -0.3 is 10.0 Å². The Bertz CT molecular complexity index is 628. The number of aliphatic hydroxyl groups is 1. The zero-order valence-electron chi connectivity index (χ0n) is 11.5. The van der Waals surface area contributed by atoms with Gasteiger partial charge in [0.15, 0.2) is 0 Å². The predicted octanol–water partition coefficient (Wildman–Crippen LogP) is 3.05. The van der Waals surface area contributed by atoms with Crippen LogP contribution in [0.2, 0.25) is 0 Å². The van der Waals surface area contributed by atoms with E-state index in [1.165, 1.54) is 54.4 Å². The van der Waals surface area contributed by atoms with Gasteiger partial charge in [0.1, 0.15) is 11.6 Å². The maximum atomic E-state index is 13.1. The molecule has 1 amide bonds. The van der Waals surface area contributed by atoms with E-state index in [1.54, 1.807) is 6.07 Å². The Morgan fingerprint density at radius 2 is 1.81 bits per heavy atom. The molecule has 3 nitrogen and oxygen atoms in total. The second kappa shape index (κ2) is 6.45. The number of aliphatic hydroxyl groups excluding tert-OH is 1. The second-order valence-electron chi connectivity index (χ2n) is 4.70. The lowest BCUT2D eigenvalue weighted by Crippen LogP contribution is -2.27. The normalized spacial score (nSPS) is 12.0. The summed E-state index contributed by atoms with van der Waals surface area (Å²) in [5.41, 5.74) is 0.865. The summed E-state index contributed by atoms with van der Waals surface area (Å²) >= 11 is 0. The number of hydrogen-bond acceptors (Lipinski definition) is 2. The van der Waals surface area contributed by atoms with Gasteiger partial charge in [-0.15, -0.1) is 0 Å². The molecule has 5 heteroatoms. The van der Waals surface area contributed by atoms with Crippen LogP contribution in [0.25, 0.3) is 0 Å². The van der Waals surface area contributed by atoms with Crippen molar-refractivity contribution in [2.75, 3.05) is 11.9 Å². The molecule has 2 rings (SSSR count). The number of benzene rings is 2. The molecule has 1 N–H and O–H groups in total. The monoisotopic (exact) mass is 291 g/mol. The molecule has 0 aliphatic rings. The van der Waals surface area contributed by atoms with Crippen LogP contribution in [0, 0.1) is 11.6 Å².